The first kappa shape index (κ1) is 12.8. The van der Waals surface area contributed by atoms with Crippen molar-refractivity contribution in [3.05, 3.63) is 5.82 Å². The summed E-state index contributed by atoms with van der Waals surface area (Å²) >= 11 is 0. The highest BCUT2D eigenvalue weighted by Gasteiger charge is 2.43. The first-order valence-electron chi connectivity index (χ1n) is 5.46. The summed E-state index contributed by atoms with van der Waals surface area (Å²) in [6.45, 7) is -0.269. The largest absolute Gasteiger partial charge is 0.337 e. The highest BCUT2D eigenvalue weighted by molar-refractivity contribution is 5.82. The molecule has 0 bridgehead atoms. The summed E-state index contributed by atoms with van der Waals surface area (Å²) in [7, 11) is 3.19. The normalized spacial score (nSPS) is 22.1. The van der Waals surface area contributed by atoms with Gasteiger partial charge >= 0.3 is 0 Å². The van der Waals surface area contributed by atoms with E-state index in [1.54, 1.807) is 7.05 Å². The van der Waals surface area contributed by atoms with Gasteiger partial charge in [0.05, 0.1) is 19.1 Å². The van der Waals surface area contributed by atoms with Crippen molar-refractivity contribution < 1.29 is 13.6 Å². The van der Waals surface area contributed by atoms with E-state index in [0.29, 0.717) is 5.82 Å². The zero-order chi connectivity index (χ0) is 13.3. The average molecular weight is 260 g/mol. The van der Waals surface area contributed by atoms with Crippen molar-refractivity contribution >= 4 is 5.91 Å². The number of hydrogen-bond donors (Lipinski definition) is 1. The number of likely N-dealkylation sites (N-methyl/N-ethyl adjacent to an activating group) is 1. The van der Waals surface area contributed by atoms with E-state index < -0.39 is 24.9 Å². The Morgan fingerprint density at radius 2 is 2.39 bits per heavy atom. The number of carbonyl (C=O) groups is 1. The van der Waals surface area contributed by atoms with Crippen molar-refractivity contribution in [1.82, 2.24) is 30.4 Å². The van der Waals surface area contributed by atoms with Crippen LogP contribution in [0.1, 0.15) is 12.2 Å². The third-order valence-corrected chi connectivity index (χ3v) is 2.87. The molecule has 1 fully saturated rings. The van der Waals surface area contributed by atoms with Crippen molar-refractivity contribution in [2.75, 3.05) is 13.6 Å². The van der Waals surface area contributed by atoms with Gasteiger partial charge in [0, 0.05) is 20.5 Å². The van der Waals surface area contributed by atoms with Crippen molar-refractivity contribution in [2.24, 2.45) is 7.05 Å². The van der Waals surface area contributed by atoms with E-state index in [1.807, 2.05) is 0 Å². The second kappa shape index (κ2) is 4.56. The molecule has 0 radical (unpaired) electrons. The molecule has 1 aliphatic rings. The van der Waals surface area contributed by atoms with E-state index in [1.165, 1.54) is 16.6 Å². The average Bonchev–Trinajstić information content (AvgIpc) is 2.84. The summed E-state index contributed by atoms with van der Waals surface area (Å²) in [5, 5.41) is 13.3. The minimum Gasteiger partial charge on any atom is -0.337 e. The second-order valence-corrected chi connectivity index (χ2v) is 4.41. The van der Waals surface area contributed by atoms with Crippen LogP contribution in [0, 0.1) is 0 Å². The molecule has 1 N–H and O–H groups in total. The Kier molecular flexibility index (Phi) is 3.24. The Balaban J connectivity index is 1.96. The summed E-state index contributed by atoms with van der Waals surface area (Å²) in [5.41, 5.74) is 0. The van der Waals surface area contributed by atoms with Gasteiger partial charge in [-0.3, -0.25) is 10.1 Å². The fourth-order valence-corrected chi connectivity index (χ4v) is 1.83. The van der Waals surface area contributed by atoms with Gasteiger partial charge in [0.2, 0.25) is 5.91 Å². The SMILES string of the molecule is CN(Cc1nnnn1C)C(=O)C1CC(F)(F)CN1. The topological polar surface area (TPSA) is 75.9 Å². The summed E-state index contributed by atoms with van der Waals surface area (Å²) in [5.74, 6) is -2.70. The molecule has 0 spiro atoms. The third kappa shape index (κ3) is 2.61. The maximum absolute atomic E-state index is 13.0. The molecule has 1 aromatic rings. The maximum atomic E-state index is 13.0. The van der Waals surface area contributed by atoms with Gasteiger partial charge in [0.25, 0.3) is 5.92 Å². The fourth-order valence-electron chi connectivity index (χ4n) is 1.83. The van der Waals surface area contributed by atoms with E-state index in [-0.39, 0.29) is 12.5 Å². The lowest BCUT2D eigenvalue weighted by molar-refractivity contribution is -0.133. The van der Waals surface area contributed by atoms with Crippen LogP contribution >= 0.6 is 0 Å². The molecule has 1 atom stereocenters. The summed E-state index contributed by atoms with van der Waals surface area (Å²) in [6, 6.07) is -0.841. The Morgan fingerprint density at radius 3 is 2.89 bits per heavy atom. The van der Waals surface area contributed by atoms with Crippen LogP contribution in [-0.2, 0) is 18.4 Å². The Labute approximate surface area is 102 Å². The lowest BCUT2D eigenvalue weighted by atomic mass is 10.1. The molecule has 0 saturated carbocycles. The van der Waals surface area contributed by atoms with Crippen LogP contribution in [0.4, 0.5) is 8.78 Å². The molecule has 1 aliphatic heterocycles. The van der Waals surface area contributed by atoms with Gasteiger partial charge in [-0.25, -0.2) is 13.5 Å². The fraction of sp³-hybridized carbons (Fsp3) is 0.778. The van der Waals surface area contributed by atoms with Gasteiger partial charge in [-0.2, -0.15) is 0 Å². The molecular weight excluding hydrogens is 246 g/mol. The van der Waals surface area contributed by atoms with Crippen LogP contribution in [0.3, 0.4) is 0 Å². The monoisotopic (exact) mass is 260 g/mol. The van der Waals surface area contributed by atoms with Crippen molar-refractivity contribution in [1.29, 1.82) is 0 Å². The number of aromatic nitrogens is 4. The maximum Gasteiger partial charge on any atom is 0.262 e. The molecule has 1 saturated heterocycles. The number of nitrogens with zero attached hydrogens (tertiary/aromatic N) is 5. The minimum absolute atomic E-state index is 0.187. The lowest BCUT2D eigenvalue weighted by Gasteiger charge is -2.20. The molecule has 1 unspecified atom stereocenters. The smallest absolute Gasteiger partial charge is 0.262 e. The van der Waals surface area contributed by atoms with Crippen molar-refractivity contribution in [2.45, 2.75) is 24.9 Å². The lowest BCUT2D eigenvalue weighted by Crippen LogP contribution is -2.41. The molecule has 0 aliphatic carbocycles. The van der Waals surface area contributed by atoms with Gasteiger partial charge < -0.3 is 4.90 Å². The van der Waals surface area contributed by atoms with Crippen molar-refractivity contribution in [3.63, 3.8) is 0 Å². The van der Waals surface area contributed by atoms with Crippen LogP contribution in [-0.4, -0.2) is 56.6 Å². The molecule has 1 amide bonds. The highest BCUT2D eigenvalue weighted by atomic mass is 19.3. The Hall–Kier alpha value is -1.64. The number of nitrogens with one attached hydrogen (secondary N) is 1. The number of halogens is 2. The van der Waals surface area contributed by atoms with Crippen LogP contribution < -0.4 is 5.32 Å². The van der Waals surface area contributed by atoms with E-state index in [9.17, 15) is 13.6 Å². The van der Waals surface area contributed by atoms with Gasteiger partial charge in [0.1, 0.15) is 0 Å². The van der Waals surface area contributed by atoms with Gasteiger partial charge in [0.15, 0.2) is 5.82 Å². The highest BCUT2D eigenvalue weighted by Crippen LogP contribution is 2.25. The van der Waals surface area contributed by atoms with Crippen LogP contribution in [0.2, 0.25) is 0 Å². The van der Waals surface area contributed by atoms with Gasteiger partial charge in [-0.05, 0) is 10.4 Å². The van der Waals surface area contributed by atoms with E-state index in [4.69, 9.17) is 0 Å². The van der Waals surface area contributed by atoms with Crippen LogP contribution in [0.25, 0.3) is 0 Å². The first-order chi connectivity index (χ1) is 8.39. The molecule has 100 valence electrons. The van der Waals surface area contributed by atoms with Gasteiger partial charge in [-0.1, -0.05) is 0 Å². The van der Waals surface area contributed by atoms with Crippen LogP contribution in [0.15, 0.2) is 0 Å². The predicted octanol–water partition coefficient (Wildman–Crippen LogP) is -0.834. The predicted molar refractivity (Wildman–Crippen MR) is 56.6 cm³/mol. The number of aryl methyl sites for hydroxylation is 1. The second-order valence-electron chi connectivity index (χ2n) is 4.41. The number of amides is 1. The number of hydrogen-bond acceptors (Lipinski definition) is 5. The summed E-state index contributed by atoms with van der Waals surface area (Å²) in [6.07, 6.45) is -0.465. The molecule has 1 aromatic heterocycles. The molecule has 2 heterocycles. The van der Waals surface area contributed by atoms with Crippen LogP contribution in [0.5, 0.6) is 0 Å². The Bertz CT molecular complexity index is 448. The number of alkyl halides is 2. The number of rotatable bonds is 3. The quantitative estimate of drug-likeness (QED) is 0.767. The summed E-state index contributed by atoms with van der Waals surface area (Å²) < 4.78 is 27.4. The number of carbonyl (C=O) groups excluding carboxylic acids is 1. The molecule has 7 nitrogen and oxygen atoms in total. The molecular formula is C9H14F2N6O. The molecule has 0 aromatic carbocycles. The summed E-state index contributed by atoms with van der Waals surface area (Å²) in [4.78, 5) is 13.3. The molecule has 18 heavy (non-hydrogen) atoms. The van der Waals surface area contributed by atoms with E-state index in [0.717, 1.165) is 0 Å². The van der Waals surface area contributed by atoms with E-state index in [2.05, 4.69) is 20.8 Å². The van der Waals surface area contributed by atoms with Crippen molar-refractivity contribution in [3.8, 4) is 0 Å². The molecule has 2 rings (SSSR count). The minimum atomic E-state index is -2.81. The number of tetrazole rings is 1. The zero-order valence-corrected chi connectivity index (χ0v) is 10.1. The first-order valence-corrected chi connectivity index (χ1v) is 5.46. The standard InChI is InChI=1S/C9H14F2N6O/c1-16(4-7-13-14-15-17(7)2)8(18)6-3-9(10,11)5-12-6/h6,12H,3-5H2,1-2H3. The molecule has 9 heteroatoms. The van der Waals surface area contributed by atoms with Gasteiger partial charge in [-0.15, -0.1) is 5.10 Å². The Morgan fingerprint density at radius 1 is 1.67 bits per heavy atom. The zero-order valence-electron chi connectivity index (χ0n) is 10.1. The third-order valence-electron chi connectivity index (χ3n) is 2.87. The van der Waals surface area contributed by atoms with E-state index >= 15 is 0 Å².